The molecule has 0 radical (unpaired) electrons. The first-order chi connectivity index (χ1) is 7.54. The number of aliphatic carboxylic acids is 1. The summed E-state index contributed by atoms with van der Waals surface area (Å²) in [7, 11) is 0. The van der Waals surface area contributed by atoms with Gasteiger partial charge in [0.2, 0.25) is 0 Å². The molecule has 0 fully saturated rings. The molecule has 2 unspecified atom stereocenters. The maximum Gasteiger partial charge on any atom is 0.320 e. The first-order valence-corrected chi connectivity index (χ1v) is 5.29. The summed E-state index contributed by atoms with van der Waals surface area (Å²) in [6.07, 6.45) is 0.495. The van der Waals surface area contributed by atoms with Crippen LogP contribution >= 0.6 is 0 Å². The van der Waals surface area contributed by atoms with Crippen molar-refractivity contribution in [2.45, 2.75) is 32.4 Å². The Bertz CT molecular complexity index is 368. The van der Waals surface area contributed by atoms with E-state index in [0.717, 1.165) is 5.56 Å². The van der Waals surface area contributed by atoms with Crippen LogP contribution in [-0.4, -0.2) is 17.1 Å². The highest BCUT2D eigenvalue weighted by molar-refractivity contribution is 5.73. The van der Waals surface area contributed by atoms with Crippen molar-refractivity contribution in [3.8, 4) is 0 Å². The quantitative estimate of drug-likeness (QED) is 0.808. The van der Waals surface area contributed by atoms with E-state index in [-0.39, 0.29) is 11.9 Å². The van der Waals surface area contributed by atoms with Gasteiger partial charge in [0.05, 0.1) is 0 Å². The van der Waals surface area contributed by atoms with Crippen LogP contribution in [0.1, 0.15) is 31.9 Å². The van der Waals surface area contributed by atoms with E-state index in [2.05, 4.69) is 5.32 Å². The summed E-state index contributed by atoms with van der Waals surface area (Å²) in [6.45, 7) is 3.62. The standard InChI is InChI=1S/C12H16FNO2/c1-3-11(12(15)16)14-8(2)9-5-4-6-10(13)7-9/h4-8,11,14H,3H2,1-2H3,(H,15,16). The number of carboxylic acid groups (broad SMARTS) is 1. The van der Waals surface area contributed by atoms with Crippen LogP contribution in [0.15, 0.2) is 24.3 Å². The van der Waals surface area contributed by atoms with Gasteiger partial charge in [-0.3, -0.25) is 10.1 Å². The minimum absolute atomic E-state index is 0.184. The zero-order valence-electron chi connectivity index (χ0n) is 9.40. The predicted octanol–water partition coefficient (Wildman–Crippen LogP) is 2.34. The van der Waals surface area contributed by atoms with Crippen molar-refractivity contribution in [1.82, 2.24) is 5.32 Å². The van der Waals surface area contributed by atoms with Crippen molar-refractivity contribution in [2.24, 2.45) is 0 Å². The molecule has 0 aliphatic rings. The number of carbonyl (C=O) groups is 1. The number of benzene rings is 1. The molecule has 0 saturated carbocycles. The Morgan fingerprint density at radius 1 is 1.56 bits per heavy atom. The summed E-state index contributed by atoms with van der Waals surface area (Å²) in [5, 5.41) is 11.8. The van der Waals surface area contributed by atoms with Crippen molar-refractivity contribution in [3.63, 3.8) is 0 Å². The number of rotatable bonds is 5. The van der Waals surface area contributed by atoms with Gasteiger partial charge in [-0.25, -0.2) is 4.39 Å². The summed E-state index contributed by atoms with van der Waals surface area (Å²) in [5.41, 5.74) is 0.750. The summed E-state index contributed by atoms with van der Waals surface area (Å²) < 4.78 is 13.0. The number of hydrogen-bond acceptors (Lipinski definition) is 2. The van der Waals surface area contributed by atoms with E-state index in [1.807, 2.05) is 6.92 Å². The second-order valence-electron chi connectivity index (χ2n) is 3.74. The number of nitrogens with one attached hydrogen (secondary N) is 1. The van der Waals surface area contributed by atoms with Crippen molar-refractivity contribution in [2.75, 3.05) is 0 Å². The fourth-order valence-corrected chi connectivity index (χ4v) is 1.54. The first-order valence-electron chi connectivity index (χ1n) is 5.29. The normalized spacial score (nSPS) is 14.4. The third-order valence-electron chi connectivity index (χ3n) is 2.51. The van der Waals surface area contributed by atoms with Crippen LogP contribution in [0.2, 0.25) is 0 Å². The number of halogens is 1. The fourth-order valence-electron chi connectivity index (χ4n) is 1.54. The maximum absolute atomic E-state index is 13.0. The molecule has 0 aliphatic carbocycles. The Morgan fingerprint density at radius 3 is 2.75 bits per heavy atom. The number of carboxylic acids is 1. The highest BCUT2D eigenvalue weighted by atomic mass is 19.1. The van der Waals surface area contributed by atoms with E-state index in [9.17, 15) is 9.18 Å². The van der Waals surface area contributed by atoms with Gasteiger partial charge in [0.1, 0.15) is 11.9 Å². The molecule has 2 atom stereocenters. The van der Waals surface area contributed by atoms with Crippen LogP contribution in [0.5, 0.6) is 0 Å². The molecule has 0 aliphatic heterocycles. The minimum atomic E-state index is -0.884. The van der Waals surface area contributed by atoms with E-state index in [1.54, 1.807) is 19.1 Å². The molecule has 0 amide bonds. The summed E-state index contributed by atoms with van der Waals surface area (Å²) in [5.74, 6) is -1.19. The lowest BCUT2D eigenvalue weighted by molar-refractivity contribution is -0.139. The molecule has 0 heterocycles. The topological polar surface area (TPSA) is 49.3 Å². The van der Waals surface area contributed by atoms with Crippen LogP contribution in [0.25, 0.3) is 0 Å². The minimum Gasteiger partial charge on any atom is -0.480 e. The highest BCUT2D eigenvalue weighted by Gasteiger charge is 2.17. The number of hydrogen-bond donors (Lipinski definition) is 2. The van der Waals surface area contributed by atoms with Gasteiger partial charge in [0, 0.05) is 6.04 Å². The molecular formula is C12H16FNO2. The molecule has 2 N–H and O–H groups in total. The lowest BCUT2D eigenvalue weighted by atomic mass is 10.1. The van der Waals surface area contributed by atoms with Gasteiger partial charge in [-0.15, -0.1) is 0 Å². The van der Waals surface area contributed by atoms with Gasteiger partial charge in [-0.2, -0.15) is 0 Å². The molecule has 0 aromatic heterocycles. The average molecular weight is 225 g/mol. The molecule has 4 heteroatoms. The van der Waals surface area contributed by atoms with Crippen LogP contribution in [0.4, 0.5) is 4.39 Å². The van der Waals surface area contributed by atoms with E-state index in [1.165, 1.54) is 12.1 Å². The highest BCUT2D eigenvalue weighted by Crippen LogP contribution is 2.14. The lowest BCUT2D eigenvalue weighted by Gasteiger charge is -2.19. The van der Waals surface area contributed by atoms with Crippen LogP contribution in [-0.2, 0) is 4.79 Å². The SMILES string of the molecule is CCC(NC(C)c1cccc(F)c1)C(=O)O. The Kier molecular flexibility index (Phi) is 4.43. The van der Waals surface area contributed by atoms with Gasteiger partial charge in [0.25, 0.3) is 0 Å². The Balaban J connectivity index is 2.71. The summed E-state index contributed by atoms with van der Waals surface area (Å²) in [6, 6.07) is 5.38. The monoisotopic (exact) mass is 225 g/mol. The average Bonchev–Trinajstić information content (AvgIpc) is 2.25. The first kappa shape index (κ1) is 12.6. The Labute approximate surface area is 94.3 Å². The van der Waals surface area contributed by atoms with E-state index >= 15 is 0 Å². The molecule has 0 bridgehead atoms. The zero-order chi connectivity index (χ0) is 12.1. The summed E-state index contributed by atoms with van der Waals surface area (Å²) in [4.78, 5) is 10.8. The molecule has 16 heavy (non-hydrogen) atoms. The zero-order valence-corrected chi connectivity index (χ0v) is 9.40. The molecule has 1 rings (SSSR count). The van der Waals surface area contributed by atoms with Crippen molar-refractivity contribution >= 4 is 5.97 Å². The van der Waals surface area contributed by atoms with E-state index in [4.69, 9.17) is 5.11 Å². The largest absolute Gasteiger partial charge is 0.480 e. The molecule has 88 valence electrons. The van der Waals surface area contributed by atoms with Crippen LogP contribution in [0.3, 0.4) is 0 Å². The van der Waals surface area contributed by atoms with Crippen LogP contribution < -0.4 is 5.32 Å². The molecule has 1 aromatic rings. The lowest BCUT2D eigenvalue weighted by Crippen LogP contribution is -2.37. The third-order valence-corrected chi connectivity index (χ3v) is 2.51. The van der Waals surface area contributed by atoms with Gasteiger partial charge in [0.15, 0.2) is 0 Å². The fraction of sp³-hybridized carbons (Fsp3) is 0.417. The Morgan fingerprint density at radius 2 is 2.25 bits per heavy atom. The second kappa shape index (κ2) is 5.61. The van der Waals surface area contributed by atoms with Crippen molar-refractivity contribution in [1.29, 1.82) is 0 Å². The molecule has 0 spiro atoms. The summed E-state index contributed by atoms with van der Waals surface area (Å²) >= 11 is 0. The molecular weight excluding hydrogens is 209 g/mol. The second-order valence-corrected chi connectivity index (χ2v) is 3.74. The van der Waals surface area contributed by atoms with Crippen molar-refractivity contribution < 1.29 is 14.3 Å². The van der Waals surface area contributed by atoms with Gasteiger partial charge < -0.3 is 5.11 Å². The third kappa shape index (κ3) is 3.31. The maximum atomic E-state index is 13.0. The van der Waals surface area contributed by atoms with Gasteiger partial charge in [-0.05, 0) is 31.0 Å². The van der Waals surface area contributed by atoms with E-state index < -0.39 is 12.0 Å². The molecule has 0 saturated heterocycles. The predicted molar refractivity (Wildman–Crippen MR) is 59.7 cm³/mol. The Hall–Kier alpha value is -1.42. The van der Waals surface area contributed by atoms with Crippen LogP contribution in [0, 0.1) is 5.82 Å². The van der Waals surface area contributed by atoms with E-state index in [0.29, 0.717) is 6.42 Å². The smallest absolute Gasteiger partial charge is 0.320 e. The van der Waals surface area contributed by atoms with Crippen molar-refractivity contribution in [3.05, 3.63) is 35.6 Å². The molecule has 3 nitrogen and oxygen atoms in total. The molecule has 1 aromatic carbocycles. The van der Waals surface area contributed by atoms with Gasteiger partial charge in [-0.1, -0.05) is 19.1 Å². The van der Waals surface area contributed by atoms with Gasteiger partial charge >= 0.3 is 5.97 Å².